The number of carbonyl (C=O) groups excluding carboxylic acids is 1. The minimum atomic E-state index is -0.253. The van der Waals surface area contributed by atoms with E-state index >= 15 is 0 Å². The molecule has 0 saturated carbocycles. The van der Waals surface area contributed by atoms with Crippen molar-refractivity contribution in [1.29, 1.82) is 0 Å². The maximum atomic E-state index is 13.0. The predicted molar refractivity (Wildman–Crippen MR) is 119 cm³/mol. The van der Waals surface area contributed by atoms with Crippen LogP contribution in [0.3, 0.4) is 0 Å². The normalized spacial score (nSPS) is 11.0. The number of aryl methyl sites for hydroxylation is 3. The summed E-state index contributed by atoms with van der Waals surface area (Å²) >= 11 is 1.50. The topological polar surface area (TPSA) is 64.0 Å². The number of nitrogens with one attached hydrogen (secondary N) is 1. The van der Waals surface area contributed by atoms with Crippen molar-refractivity contribution in [3.63, 3.8) is 0 Å². The summed E-state index contributed by atoms with van der Waals surface area (Å²) in [7, 11) is 0. The number of fused-ring (bicyclic) bond motifs is 1. The molecule has 0 saturated heterocycles. The van der Waals surface area contributed by atoms with E-state index in [4.69, 9.17) is 0 Å². The Labute approximate surface area is 172 Å². The van der Waals surface area contributed by atoms with Gasteiger partial charge in [0.05, 0.1) is 11.7 Å². The molecule has 0 aliphatic carbocycles. The average Bonchev–Trinajstić information content (AvgIpc) is 3.04. The number of rotatable bonds is 4. The fraction of sp³-hybridized carbons (Fsp3) is 0.174. The lowest BCUT2D eigenvalue weighted by molar-refractivity contribution is -0.116. The molecule has 0 spiro atoms. The monoisotopic (exact) mass is 403 g/mol. The molecular weight excluding hydrogens is 382 g/mol. The lowest BCUT2D eigenvalue weighted by Crippen LogP contribution is -2.28. The Morgan fingerprint density at radius 3 is 2.59 bits per heavy atom. The van der Waals surface area contributed by atoms with Gasteiger partial charge >= 0.3 is 0 Å². The molecule has 0 atom stereocenters. The fourth-order valence-corrected chi connectivity index (χ4v) is 4.58. The van der Waals surface area contributed by atoms with Crippen LogP contribution in [0.4, 0.5) is 5.69 Å². The van der Waals surface area contributed by atoms with Gasteiger partial charge in [-0.15, -0.1) is 11.3 Å². The molecule has 5 nitrogen and oxygen atoms in total. The lowest BCUT2D eigenvalue weighted by Gasteiger charge is -2.10. The van der Waals surface area contributed by atoms with E-state index in [0.717, 1.165) is 32.8 Å². The molecule has 146 valence electrons. The summed E-state index contributed by atoms with van der Waals surface area (Å²) in [6, 6.07) is 15.8. The maximum absolute atomic E-state index is 13.0. The third-order valence-corrected chi connectivity index (χ3v) is 6.17. The van der Waals surface area contributed by atoms with Crippen molar-refractivity contribution < 1.29 is 4.79 Å². The second-order valence-electron chi connectivity index (χ2n) is 7.15. The van der Waals surface area contributed by atoms with Crippen molar-refractivity contribution in [1.82, 2.24) is 9.55 Å². The van der Waals surface area contributed by atoms with E-state index in [1.54, 1.807) is 0 Å². The zero-order valence-corrected chi connectivity index (χ0v) is 17.3. The average molecular weight is 404 g/mol. The van der Waals surface area contributed by atoms with Crippen LogP contribution in [0.5, 0.6) is 0 Å². The van der Waals surface area contributed by atoms with Crippen molar-refractivity contribution in [3.05, 3.63) is 81.9 Å². The largest absolute Gasteiger partial charge is 0.324 e. The number of anilines is 1. The van der Waals surface area contributed by atoms with Gasteiger partial charge < -0.3 is 5.32 Å². The number of aromatic nitrogens is 2. The second kappa shape index (κ2) is 7.64. The van der Waals surface area contributed by atoms with Gasteiger partial charge in [-0.2, -0.15) is 0 Å². The first-order valence-corrected chi connectivity index (χ1v) is 10.2. The number of hydrogen-bond donors (Lipinski definition) is 1. The third kappa shape index (κ3) is 3.71. The third-order valence-electron chi connectivity index (χ3n) is 4.92. The maximum Gasteiger partial charge on any atom is 0.262 e. The smallest absolute Gasteiger partial charge is 0.262 e. The van der Waals surface area contributed by atoms with Crippen LogP contribution in [0, 0.1) is 20.8 Å². The molecule has 0 fully saturated rings. The minimum Gasteiger partial charge on any atom is -0.324 e. The Bertz CT molecular complexity index is 1270. The molecule has 2 heterocycles. The second-order valence-corrected chi connectivity index (χ2v) is 8.15. The van der Waals surface area contributed by atoms with Crippen LogP contribution in [-0.2, 0) is 11.3 Å². The summed E-state index contributed by atoms with van der Waals surface area (Å²) in [4.78, 5) is 31.7. The van der Waals surface area contributed by atoms with Crippen LogP contribution in [0.1, 0.15) is 16.7 Å². The quantitative estimate of drug-likeness (QED) is 0.538. The number of thiophene rings is 1. The van der Waals surface area contributed by atoms with Crippen LogP contribution in [0.15, 0.2) is 59.7 Å². The molecule has 0 aliphatic heterocycles. The van der Waals surface area contributed by atoms with Gasteiger partial charge in [0, 0.05) is 10.6 Å². The summed E-state index contributed by atoms with van der Waals surface area (Å²) in [5.41, 5.74) is 4.64. The van der Waals surface area contributed by atoms with Gasteiger partial charge in [-0.3, -0.25) is 14.2 Å². The number of amides is 1. The van der Waals surface area contributed by atoms with E-state index in [0.29, 0.717) is 10.2 Å². The zero-order chi connectivity index (χ0) is 20.5. The Morgan fingerprint density at radius 2 is 1.86 bits per heavy atom. The number of benzene rings is 2. The van der Waals surface area contributed by atoms with E-state index in [1.165, 1.54) is 22.2 Å². The fourth-order valence-electron chi connectivity index (χ4n) is 3.44. The molecule has 0 aliphatic rings. The molecule has 29 heavy (non-hydrogen) atoms. The molecule has 0 radical (unpaired) electrons. The highest BCUT2D eigenvalue weighted by molar-refractivity contribution is 7.22. The van der Waals surface area contributed by atoms with Gasteiger partial charge in [-0.05, 0) is 43.5 Å². The number of carbonyl (C=O) groups is 1. The molecule has 0 unspecified atom stereocenters. The van der Waals surface area contributed by atoms with Crippen LogP contribution < -0.4 is 10.9 Å². The first kappa shape index (κ1) is 19.1. The van der Waals surface area contributed by atoms with E-state index in [2.05, 4.69) is 10.3 Å². The van der Waals surface area contributed by atoms with Gasteiger partial charge in [-0.25, -0.2) is 4.98 Å². The molecular formula is C23H21N3O2S. The standard InChI is InChI=1S/C23H21N3O2S/c1-14-9-10-18(15(2)11-14)25-19(27)12-26-13-24-22-20(23(26)28)16(3)21(29-22)17-7-5-4-6-8-17/h4-11,13H,12H2,1-3H3,(H,25,27). The lowest BCUT2D eigenvalue weighted by atomic mass is 10.1. The molecule has 0 bridgehead atoms. The first-order chi connectivity index (χ1) is 13.9. The van der Waals surface area contributed by atoms with Crippen LogP contribution in [0.2, 0.25) is 0 Å². The first-order valence-electron chi connectivity index (χ1n) is 9.35. The van der Waals surface area contributed by atoms with Crippen LogP contribution >= 0.6 is 11.3 Å². The van der Waals surface area contributed by atoms with Gasteiger partial charge in [0.1, 0.15) is 11.4 Å². The van der Waals surface area contributed by atoms with Crippen molar-refractivity contribution in [2.75, 3.05) is 5.32 Å². The van der Waals surface area contributed by atoms with Crippen LogP contribution in [-0.4, -0.2) is 15.5 Å². The summed E-state index contributed by atoms with van der Waals surface area (Å²) < 4.78 is 1.37. The zero-order valence-electron chi connectivity index (χ0n) is 16.5. The Hall–Kier alpha value is -3.25. The van der Waals surface area contributed by atoms with Crippen molar-refractivity contribution in [3.8, 4) is 10.4 Å². The minimum absolute atomic E-state index is 0.0783. The highest BCUT2D eigenvalue weighted by atomic mass is 32.1. The molecule has 1 N–H and O–H groups in total. The van der Waals surface area contributed by atoms with Gasteiger partial charge in [0.2, 0.25) is 5.91 Å². The molecule has 6 heteroatoms. The van der Waals surface area contributed by atoms with Crippen molar-refractivity contribution >= 4 is 33.1 Å². The number of hydrogen-bond acceptors (Lipinski definition) is 4. The summed E-state index contributed by atoms with van der Waals surface area (Å²) in [6.45, 7) is 5.81. The Morgan fingerprint density at radius 1 is 1.10 bits per heavy atom. The molecule has 4 aromatic rings. The van der Waals surface area contributed by atoms with Crippen LogP contribution in [0.25, 0.3) is 20.7 Å². The van der Waals surface area contributed by atoms with E-state index in [9.17, 15) is 9.59 Å². The van der Waals surface area contributed by atoms with E-state index in [-0.39, 0.29) is 18.0 Å². The van der Waals surface area contributed by atoms with E-state index < -0.39 is 0 Å². The Balaban J connectivity index is 1.65. The Kier molecular flexibility index (Phi) is 5.03. The summed E-state index contributed by atoms with van der Waals surface area (Å²) in [5.74, 6) is -0.253. The van der Waals surface area contributed by atoms with E-state index in [1.807, 2.05) is 69.3 Å². The number of nitrogens with zero attached hydrogens (tertiary/aromatic N) is 2. The summed E-state index contributed by atoms with van der Waals surface area (Å²) in [6.07, 6.45) is 1.46. The van der Waals surface area contributed by atoms with Gasteiger partial charge in [0.15, 0.2) is 0 Å². The summed E-state index contributed by atoms with van der Waals surface area (Å²) in [5, 5.41) is 3.46. The predicted octanol–water partition coefficient (Wildman–Crippen LogP) is 4.69. The molecule has 2 aromatic carbocycles. The van der Waals surface area contributed by atoms with Gasteiger partial charge in [-0.1, -0.05) is 48.0 Å². The molecule has 1 amide bonds. The molecule has 4 rings (SSSR count). The van der Waals surface area contributed by atoms with Crippen molar-refractivity contribution in [2.24, 2.45) is 0 Å². The SMILES string of the molecule is Cc1ccc(NC(=O)Cn2cnc3sc(-c4ccccc4)c(C)c3c2=O)c(C)c1. The highest BCUT2D eigenvalue weighted by Gasteiger charge is 2.17. The highest BCUT2D eigenvalue weighted by Crippen LogP contribution is 2.35. The molecule has 2 aromatic heterocycles. The van der Waals surface area contributed by atoms with Gasteiger partial charge in [0.25, 0.3) is 5.56 Å². The van der Waals surface area contributed by atoms with Crippen molar-refractivity contribution in [2.45, 2.75) is 27.3 Å².